The zero-order chi connectivity index (χ0) is 10.7. The summed E-state index contributed by atoms with van der Waals surface area (Å²) in [7, 11) is 0. The van der Waals surface area contributed by atoms with E-state index in [1.54, 1.807) is 11.3 Å². The Kier molecular flexibility index (Phi) is 3.44. The van der Waals surface area contributed by atoms with E-state index in [-0.39, 0.29) is 6.04 Å². The van der Waals surface area contributed by atoms with E-state index in [9.17, 15) is 0 Å². The summed E-state index contributed by atoms with van der Waals surface area (Å²) in [6.07, 6.45) is 3.24. The van der Waals surface area contributed by atoms with E-state index in [1.807, 2.05) is 0 Å². The highest BCUT2D eigenvalue weighted by Crippen LogP contribution is 2.31. The molecule has 1 aromatic heterocycles. The number of aryl methyl sites for hydroxylation is 1. The number of likely N-dealkylation sites (N-methyl/N-ethyl adjacent to an activating group) is 1. The van der Waals surface area contributed by atoms with Gasteiger partial charge in [0.1, 0.15) is 5.76 Å². The minimum absolute atomic E-state index is 0.262. The smallest absolute Gasteiger partial charge is 0.114 e. The molecule has 0 bridgehead atoms. The fourth-order valence-electron chi connectivity index (χ4n) is 1.84. The van der Waals surface area contributed by atoms with Crippen LogP contribution in [-0.4, -0.2) is 13.2 Å². The van der Waals surface area contributed by atoms with Crippen LogP contribution in [0.5, 0.6) is 0 Å². The maximum absolute atomic E-state index is 5.65. The third kappa shape index (κ3) is 2.24. The Morgan fingerprint density at radius 1 is 1.60 bits per heavy atom. The van der Waals surface area contributed by atoms with Gasteiger partial charge in [0.05, 0.1) is 12.6 Å². The van der Waals surface area contributed by atoms with Crippen LogP contribution in [0.3, 0.4) is 0 Å². The number of nitrogens with one attached hydrogen (secondary N) is 1. The predicted molar refractivity (Wildman–Crippen MR) is 64.1 cm³/mol. The highest BCUT2D eigenvalue weighted by Gasteiger charge is 2.22. The standard InChI is InChI=1S/C12H17NOS/c1-3-13-11(10-5-4-7-14-10)12-9(2)6-8-15-12/h5-6,8,11,13H,3-4,7H2,1-2H3. The fourth-order valence-corrected chi connectivity index (χ4v) is 2.85. The first-order valence-corrected chi connectivity index (χ1v) is 6.31. The molecule has 15 heavy (non-hydrogen) atoms. The van der Waals surface area contributed by atoms with Crippen LogP contribution in [-0.2, 0) is 4.74 Å². The van der Waals surface area contributed by atoms with Crippen LogP contribution in [0, 0.1) is 6.92 Å². The molecule has 1 unspecified atom stereocenters. The molecule has 2 heterocycles. The molecule has 0 spiro atoms. The first-order valence-electron chi connectivity index (χ1n) is 5.43. The van der Waals surface area contributed by atoms with Crippen LogP contribution in [0.2, 0.25) is 0 Å². The second-order valence-electron chi connectivity index (χ2n) is 3.70. The third-order valence-electron chi connectivity index (χ3n) is 2.59. The Morgan fingerprint density at radius 2 is 2.47 bits per heavy atom. The van der Waals surface area contributed by atoms with E-state index < -0.39 is 0 Å². The Morgan fingerprint density at radius 3 is 3.00 bits per heavy atom. The molecule has 0 aromatic carbocycles. The molecule has 0 amide bonds. The van der Waals surface area contributed by atoms with Crippen molar-refractivity contribution < 1.29 is 4.74 Å². The first-order chi connectivity index (χ1) is 7.33. The van der Waals surface area contributed by atoms with Gasteiger partial charge in [0.2, 0.25) is 0 Å². The Hall–Kier alpha value is -0.800. The van der Waals surface area contributed by atoms with Gasteiger partial charge in [-0.05, 0) is 36.6 Å². The van der Waals surface area contributed by atoms with E-state index in [0.29, 0.717) is 0 Å². The average Bonchev–Trinajstić information content (AvgIpc) is 2.85. The second-order valence-corrected chi connectivity index (χ2v) is 4.65. The molecule has 1 aromatic rings. The quantitative estimate of drug-likeness (QED) is 0.847. The normalized spacial score (nSPS) is 17.3. The molecule has 1 N–H and O–H groups in total. The van der Waals surface area contributed by atoms with Crippen LogP contribution < -0.4 is 5.32 Å². The Labute approximate surface area is 95.0 Å². The number of hydrogen-bond donors (Lipinski definition) is 1. The van der Waals surface area contributed by atoms with Crippen LogP contribution in [0.15, 0.2) is 23.3 Å². The summed E-state index contributed by atoms with van der Waals surface area (Å²) < 4.78 is 5.65. The molecule has 0 fully saturated rings. The molecule has 2 rings (SSSR count). The summed E-state index contributed by atoms with van der Waals surface area (Å²) in [6, 6.07) is 2.43. The average molecular weight is 223 g/mol. The molecule has 2 nitrogen and oxygen atoms in total. The highest BCUT2D eigenvalue weighted by molar-refractivity contribution is 7.10. The molecule has 1 aliphatic rings. The lowest BCUT2D eigenvalue weighted by Crippen LogP contribution is -2.22. The molecule has 3 heteroatoms. The van der Waals surface area contributed by atoms with Gasteiger partial charge >= 0.3 is 0 Å². The van der Waals surface area contributed by atoms with Crippen molar-refractivity contribution in [2.45, 2.75) is 26.3 Å². The summed E-state index contributed by atoms with van der Waals surface area (Å²) in [5, 5.41) is 5.63. The summed E-state index contributed by atoms with van der Waals surface area (Å²) in [5.74, 6) is 1.10. The summed E-state index contributed by atoms with van der Waals surface area (Å²) in [4.78, 5) is 1.38. The van der Waals surface area contributed by atoms with Crippen molar-refractivity contribution in [3.05, 3.63) is 33.7 Å². The van der Waals surface area contributed by atoms with E-state index in [1.165, 1.54) is 10.4 Å². The topological polar surface area (TPSA) is 21.3 Å². The predicted octanol–water partition coefficient (Wildman–Crippen LogP) is 3.01. The zero-order valence-corrected chi connectivity index (χ0v) is 10.1. The highest BCUT2D eigenvalue weighted by atomic mass is 32.1. The number of rotatable bonds is 4. The van der Waals surface area contributed by atoms with Crippen LogP contribution in [0.1, 0.15) is 29.8 Å². The molecule has 0 radical (unpaired) electrons. The maximum Gasteiger partial charge on any atom is 0.114 e. The SMILES string of the molecule is CCNC(C1=CCCO1)c1sccc1C. The lowest BCUT2D eigenvalue weighted by molar-refractivity contribution is 0.216. The summed E-state index contributed by atoms with van der Waals surface area (Å²) in [5.41, 5.74) is 1.35. The van der Waals surface area contributed by atoms with E-state index in [0.717, 1.165) is 25.3 Å². The minimum Gasteiger partial charge on any atom is -0.496 e. The van der Waals surface area contributed by atoms with Gasteiger partial charge in [-0.1, -0.05) is 6.92 Å². The van der Waals surface area contributed by atoms with Crippen LogP contribution in [0.4, 0.5) is 0 Å². The monoisotopic (exact) mass is 223 g/mol. The maximum atomic E-state index is 5.65. The fraction of sp³-hybridized carbons (Fsp3) is 0.500. The molecule has 1 aliphatic heterocycles. The van der Waals surface area contributed by atoms with Crippen molar-refractivity contribution in [2.75, 3.05) is 13.2 Å². The molecular formula is C12H17NOS. The van der Waals surface area contributed by atoms with Gasteiger partial charge in [0.15, 0.2) is 0 Å². The number of hydrogen-bond acceptors (Lipinski definition) is 3. The van der Waals surface area contributed by atoms with Crippen molar-refractivity contribution in [3.63, 3.8) is 0 Å². The van der Waals surface area contributed by atoms with Gasteiger partial charge in [-0.25, -0.2) is 0 Å². The van der Waals surface area contributed by atoms with Gasteiger partial charge in [-0.15, -0.1) is 11.3 Å². The molecular weight excluding hydrogens is 206 g/mol. The van der Waals surface area contributed by atoms with Crippen molar-refractivity contribution in [2.24, 2.45) is 0 Å². The van der Waals surface area contributed by atoms with E-state index in [2.05, 4.69) is 36.7 Å². The molecule has 1 atom stereocenters. The van der Waals surface area contributed by atoms with Crippen molar-refractivity contribution in [1.29, 1.82) is 0 Å². The summed E-state index contributed by atoms with van der Waals surface area (Å²) in [6.45, 7) is 6.08. The van der Waals surface area contributed by atoms with Crippen LogP contribution in [0.25, 0.3) is 0 Å². The Balaban J connectivity index is 2.23. The Bertz CT molecular complexity index is 356. The second kappa shape index (κ2) is 4.81. The lowest BCUT2D eigenvalue weighted by atomic mass is 10.1. The van der Waals surface area contributed by atoms with Crippen LogP contribution >= 0.6 is 11.3 Å². The molecule has 0 aliphatic carbocycles. The van der Waals surface area contributed by atoms with Gasteiger partial charge in [-0.3, -0.25) is 0 Å². The van der Waals surface area contributed by atoms with Gasteiger partial charge in [0.25, 0.3) is 0 Å². The lowest BCUT2D eigenvalue weighted by Gasteiger charge is -2.18. The van der Waals surface area contributed by atoms with Gasteiger partial charge in [-0.2, -0.15) is 0 Å². The van der Waals surface area contributed by atoms with Crippen molar-refractivity contribution in [1.82, 2.24) is 5.32 Å². The number of thiophene rings is 1. The van der Waals surface area contributed by atoms with Gasteiger partial charge in [0, 0.05) is 11.3 Å². The first kappa shape index (κ1) is 10.7. The summed E-state index contributed by atoms with van der Waals surface area (Å²) >= 11 is 1.80. The zero-order valence-electron chi connectivity index (χ0n) is 9.25. The van der Waals surface area contributed by atoms with E-state index >= 15 is 0 Å². The number of ether oxygens (including phenoxy) is 1. The van der Waals surface area contributed by atoms with Crippen molar-refractivity contribution >= 4 is 11.3 Å². The van der Waals surface area contributed by atoms with E-state index in [4.69, 9.17) is 4.74 Å². The molecule has 0 saturated carbocycles. The third-order valence-corrected chi connectivity index (χ3v) is 3.67. The van der Waals surface area contributed by atoms with Crippen molar-refractivity contribution in [3.8, 4) is 0 Å². The largest absolute Gasteiger partial charge is 0.496 e. The molecule has 82 valence electrons. The minimum atomic E-state index is 0.262. The molecule has 0 saturated heterocycles. The van der Waals surface area contributed by atoms with Gasteiger partial charge < -0.3 is 10.1 Å².